The van der Waals surface area contributed by atoms with E-state index < -0.39 is 24.0 Å². The fraction of sp³-hybridized carbons (Fsp3) is 0.320. The maximum absolute atomic E-state index is 15.2. The first kappa shape index (κ1) is 24.8. The van der Waals surface area contributed by atoms with E-state index in [0.717, 1.165) is 0 Å². The number of aromatic nitrogens is 4. The second kappa shape index (κ2) is 9.68. The molecule has 0 aliphatic carbocycles. The summed E-state index contributed by atoms with van der Waals surface area (Å²) in [6.07, 6.45) is -0.988. The summed E-state index contributed by atoms with van der Waals surface area (Å²) in [6, 6.07) is 5.26. The summed E-state index contributed by atoms with van der Waals surface area (Å²) in [7, 11) is 0. The number of imidazole rings is 1. The molecule has 1 fully saturated rings. The first-order chi connectivity index (χ1) is 18.3. The minimum atomic E-state index is -4.93. The molecule has 0 radical (unpaired) electrons. The van der Waals surface area contributed by atoms with Crippen LogP contribution in [0.1, 0.15) is 23.1 Å². The van der Waals surface area contributed by atoms with Crippen molar-refractivity contribution in [2.24, 2.45) is 0 Å². The Hall–Kier alpha value is -3.48. The summed E-state index contributed by atoms with van der Waals surface area (Å²) in [5, 5.41) is 0.0361. The highest BCUT2D eigenvalue weighted by molar-refractivity contribution is 6.31. The molecular weight excluding hydrogens is 530 g/mol. The summed E-state index contributed by atoms with van der Waals surface area (Å²) < 4.78 is 71.8. The van der Waals surface area contributed by atoms with Gasteiger partial charge in [0, 0.05) is 60.9 Å². The second-order valence-corrected chi connectivity index (χ2v) is 9.19. The molecule has 2 aliphatic rings. The molecule has 0 N–H and O–H groups in total. The normalized spacial score (nSPS) is 18.0. The van der Waals surface area contributed by atoms with Gasteiger partial charge in [-0.3, -0.25) is 4.40 Å². The third-order valence-corrected chi connectivity index (χ3v) is 6.77. The predicted molar refractivity (Wildman–Crippen MR) is 129 cm³/mol. The number of benzene rings is 1. The third kappa shape index (κ3) is 4.63. The number of hydrogen-bond acceptors (Lipinski definition) is 7. The van der Waals surface area contributed by atoms with Crippen molar-refractivity contribution in [2.45, 2.75) is 18.9 Å². The molecule has 38 heavy (non-hydrogen) atoms. The van der Waals surface area contributed by atoms with Crippen LogP contribution in [0.2, 0.25) is 5.02 Å². The number of nitrogens with zero attached hydrogens (tertiary/aromatic N) is 5. The van der Waals surface area contributed by atoms with Crippen LogP contribution in [0.5, 0.6) is 5.75 Å². The fourth-order valence-electron chi connectivity index (χ4n) is 4.75. The topological polar surface area (TPSA) is 74.0 Å². The minimum absolute atomic E-state index is 0.0123. The van der Waals surface area contributed by atoms with E-state index in [1.165, 1.54) is 42.9 Å². The highest BCUT2D eigenvalue weighted by Gasteiger charge is 2.37. The van der Waals surface area contributed by atoms with Crippen LogP contribution < -0.4 is 9.64 Å². The van der Waals surface area contributed by atoms with Gasteiger partial charge in [-0.2, -0.15) is 0 Å². The van der Waals surface area contributed by atoms with Gasteiger partial charge in [0.25, 0.3) is 0 Å². The van der Waals surface area contributed by atoms with Crippen molar-refractivity contribution in [3.05, 3.63) is 70.6 Å². The molecule has 3 aromatic heterocycles. The van der Waals surface area contributed by atoms with E-state index in [2.05, 4.69) is 19.7 Å². The Balaban J connectivity index is 1.43. The van der Waals surface area contributed by atoms with Gasteiger partial charge in [0.2, 0.25) is 5.95 Å². The monoisotopic (exact) mass is 549 g/mol. The number of ether oxygens (including phenoxy) is 3. The lowest BCUT2D eigenvalue weighted by atomic mass is 10.0. The van der Waals surface area contributed by atoms with Crippen LogP contribution in [0.4, 0.5) is 23.5 Å². The van der Waals surface area contributed by atoms with Crippen molar-refractivity contribution in [3.63, 3.8) is 0 Å². The Morgan fingerprint density at radius 2 is 1.84 bits per heavy atom. The Bertz CT molecular complexity index is 1490. The van der Waals surface area contributed by atoms with Gasteiger partial charge >= 0.3 is 6.36 Å². The molecule has 5 heterocycles. The smallest absolute Gasteiger partial charge is 0.405 e. The quantitative estimate of drug-likeness (QED) is 0.332. The Kier molecular flexibility index (Phi) is 6.33. The van der Waals surface area contributed by atoms with Crippen LogP contribution in [0.3, 0.4) is 0 Å². The van der Waals surface area contributed by atoms with Gasteiger partial charge in [-0.25, -0.2) is 19.3 Å². The highest BCUT2D eigenvalue weighted by Crippen LogP contribution is 2.43. The number of anilines is 1. The molecule has 6 rings (SSSR count). The van der Waals surface area contributed by atoms with Crippen molar-refractivity contribution >= 4 is 23.2 Å². The van der Waals surface area contributed by atoms with Gasteiger partial charge in [0.05, 0.1) is 36.2 Å². The number of morpholine rings is 1. The lowest BCUT2D eigenvalue weighted by Gasteiger charge is -2.27. The average Bonchev–Trinajstić information content (AvgIpc) is 3.26. The zero-order valence-electron chi connectivity index (χ0n) is 19.7. The number of hydrogen-bond donors (Lipinski definition) is 0. The van der Waals surface area contributed by atoms with Gasteiger partial charge in [-0.05, 0) is 12.1 Å². The maximum Gasteiger partial charge on any atom is 0.573 e. The molecule has 1 aromatic carbocycles. The first-order valence-electron chi connectivity index (χ1n) is 11.8. The first-order valence-corrected chi connectivity index (χ1v) is 12.2. The average molecular weight is 550 g/mol. The van der Waals surface area contributed by atoms with E-state index in [4.69, 9.17) is 21.1 Å². The van der Waals surface area contributed by atoms with Crippen LogP contribution >= 0.6 is 11.6 Å². The molecule has 1 atom stereocenters. The standard InChI is InChI=1S/C25H20ClF4N5O3/c26-16-2-1-3-19(38-25(28,29)30)21(16)23-22-18(4-7-37-23)33-20-10-17(27)15(13-35(20)22)14-11-31-24(32-12-14)34-5-8-36-9-6-34/h1-3,10-13,23H,4-9H2. The van der Waals surface area contributed by atoms with Gasteiger partial charge in [-0.15, -0.1) is 13.2 Å². The Morgan fingerprint density at radius 3 is 2.58 bits per heavy atom. The zero-order chi connectivity index (χ0) is 26.4. The molecule has 198 valence electrons. The van der Waals surface area contributed by atoms with Crippen LogP contribution in [0.25, 0.3) is 16.8 Å². The molecule has 8 nitrogen and oxygen atoms in total. The molecule has 1 saturated heterocycles. The summed E-state index contributed by atoms with van der Waals surface area (Å²) in [5.41, 5.74) is 1.92. The molecular formula is C25H20ClF4N5O3. The van der Waals surface area contributed by atoms with Gasteiger partial charge in [0.15, 0.2) is 0 Å². The van der Waals surface area contributed by atoms with Gasteiger partial charge < -0.3 is 19.1 Å². The van der Waals surface area contributed by atoms with Crippen molar-refractivity contribution in [1.82, 2.24) is 19.4 Å². The molecule has 0 saturated carbocycles. The Labute approximate surface area is 218 Å². The van der Waals surface area contributed by atoms with E-state index in [0.29, 0.717) is 55.6 Å². The van der Waals surface area contributed by atoms with E-state index in [9.17, 15) is 13.2 Å². The third-order valence-electron chi connectivity index (χ3n) is 6.44. The Morgan fingerprint density at radius 1 is 1.08 bits per heavy atom. The van der Waals surface area contributed by atoms with Crippen molar-refractivity contribution in [3.8, 4) is 16.9 Å². The van der Waals surface area contributed by atoms with E-state index in [1.54, 1.807) is 4.40 Å². The number of fused-ring (bicyclic) bond motifs is 3. The lowest BCUT2D eigenvalue weighted by Crippen LogP contribution is -2.37. The molecule has 0 amide bonds. The van der Waals surface area contributed by atoms with Crippen molar-refractivity contribution < 1.29 is 31.8 Å². The SMILES string of the molecule is Fc1cc2nc3c(n2cc1-c1cnc(N2CCOCC2)nc1)C(c1c(Cl)cccc1OC(F)(F)F)OCC3. The van der Waals surface area contributed by atoms with E-state index >= 15 is 4.39 Å². The molecule has 0 spiro atoms. The predicted octanol–water partition coefficient (Wildman–Crippen LogP) is 4.98. The molecule has 4 aromatic rings. The minimum Gasteiger partial charge on any atom is -0.405 e. The number of alkyl halides is 3. The maximum atomic E-state index is 15.2. The largest absolute Gasteiger partial charge is 0.573 e. The van der Waals surface area contributed by atoms with Crippen LogP contribution in [-0.2, 0) is 15.9 Å². The van der Waals surface area contributed by atoms with Gasteiger partial charge in [-0.1, -0.05) is 17.7 Å². The van der Waals surface area contributed by atoms with Crippen LogP contribution in [0.15, 0.2) is 42.9 Å². The summed E-state index contributed by atoms with van der Waals surface area (Å²) in [4.78, 5) is 15.3. The fourth-order valence-corrected chi connectivity index (χ4v) is 5.01. The van der Waals surface area contributed by atoms with Gasteiger partial charge in [0.1, 0.15) is 23.3 Å². The second-order valence-electron chi connectivity index (χ2n) is 8.78. The number of pyridine rings is 1. The van der Waals surface area contributed by atoms with E-state index in [1.807, 2.05) is 4.90 Å². The van der Waals surface area contributed by atoms with E-state index in [-0.39, 0.29) is 28.4 Å². The summed E-state index contributed by atoms with van der Waals surface area (Å²) >= 11 is 6.36. The lowest BCUT2D eigenvalue weighted by molar-refractivity contribution is -0.275. The molecule has 2 aliphatic heterocycles. The van der Waals surface area contributed by atoms with Crippen molar-refractivity contribution in [1.29, 1.82) is 0 Å². The highest BCUT2D eigenvalue weighted by atomic mass is 35.5. The summed E-state index contributed by atoms with van der Waals surface area (Å²) in [6.45, 7) is 2.65. The van der Waals surface area contributed by atoms with Crippen LogP contribution in [0, 0.1) is 5.82 Å². The zero-order valence-corrected chi connectivity index (χ0v) is 20.5. The molecule has 1 unspecified atom stereocenters. The molecule has 0 bridgehead atoms. The number of rotatable bonds is 4. The number of halogens is 5. The van der Waals surface area contributed by atoms with Crippen molar-refractivity contribution in [2.75, 3.05) is 37.8 Å². The summed E-state index contributed by atoms with van der Waals surface area (Å²) in [5.74, 6) is -0.506. The molecule has 13 heteroatoms. The van der Waals surface area contributed by atoms with Crippen LogP contribution in [-0.4, -0.2) is 58.6 Å².